The summed E-state index contributed by atoms with van der Waals surface area (Å²) in [6, 6.07) is 0. The standard InChI is InChI=1S/C20H31ClO3/c1-2-3-4-5-6-9-12-16-15-18(21)20(24)17(16)13-10-7-8-11-14-19(22)23/h13,15-16H,2-12,14H2,1H3,(H,22,23)/b17-13-. The van der Waals surface area contributed by atoms with E-state index in [0.29, 0.717) is 11.5 Å². The van der Waals surface area contributed by atoms with Gasteiger partial charge in [-0.3, -0.25) is 9.59 Å². The Balaban J connectivity index is 2.32. The molecule has 0 amide bonds. The Morgan fingerprint density at radius 3 is 2.50 bits per heavy atom. The van der Waals surface area contributed by atoms with Gasteiger partial charge in [-0.2, -0.15) is 0 Å². The van der Waals surface area contributed by atoms with Crippen LogP contribution in [0.15, 0.2) is 22.8 Å². The maximum atomic E-state index is 12.2. The van der Waals surface area contributed by atoms with Crippen molar-refractivity contribution in [3.8, 4) is 0 Å². The van der Waals surface area contributed by atoms with Crippen LogP contribution in [0.3, 0.4) is 0 Å². The molecule has 1 aliphatic carbocycles. The van der Waals surface area contributed by atoms with E-state index in [1.807, 2.05) is 12.2 Å². The minimum absolute atomic E-state index is 0.0156. The lowest BCUT2D eigenvalue weighted by Gasteiger charge is -2.10. The molecule has 0 aromatic rings. The summed E-state index contributed by atoms with van der Waals surface area (Å²) < 4.78 is 0. The summed E-state index contributed by atoms with van der Waals surface area (Å²) in [7, 11) is 0. The largest absolute Gasteiger partial charge is 0.481 e. The quantitative estimate of drug-likeness (QED) is 0.325. The predicted octanol–water partition coefficient (Wildman–Crippen LogP) is 6.02. The van der Waals surface area contributed by atoms with Gasteiger partial charge >= 0.3 is 5.97 Å². The van der Waals surface area contributed by atoms with Crippen LogP contribution in [0, 0.1) is 5.92 Å². The first-order valence-electron chi connectivity index (χ1n) is 9.40. The molecule has 0 heterocycles. The minimum atomic E-state index is -0.741. The SMILES string of the molecule is CCCCCCCCC1C=C(Cl)C(=O)/C1=C\CCCCCC(=O)O. The molecule has 0 aromatic heterocycles. The average molecular weight is 355 g/mol. The Morgan fingerprint density at radius 2 is 1.79 bits per heavy atom. The highest BCUT2D eigenvalue weighted by Gasteiger charge is 2.27. The topological polar surface area (TPSA) is 54.4 Å². The lowest BCUT2D eigenvalue weighted by atomic mass is 9.94. The number of carboxylic acids is 1. The van der Waals surface area contributed by atoms with E-state index in [-0.39, 0.29) is 18.1 Å². The van der Waals surface area contributed by atoms with Gasteiger partial charge in [0.05, 0.1) is 5.03 Å². The molecule has 0 spiro atoms. The van der Waals surface area contributed by atoms with Crippen LogP contribution in [0.1, 0.15) is 84.0 Å². The summed E-state index contributed by atoms with van der Waals surface area (Å²) in [5.41, 5.74) is 0.854. The Morgan fingerprint density at radius 1 is 1.12 bits per heavy atom. The summed E-state index contributed by atoms with van der Waals surface area (Å²) in [5, 5.41) is 8.98. The summed E-state index contributed by atoms with van der Waals surface area (Å²) in [6.07, 6.45) is 16.0. The van der Waals surface area contributed by atoms with E-state index >= 15 is 0 Å². The average Bonchev–Trinajstić information content (AvgIpc) is 2.81. The van der Waals surface area contributed by atoms with Crippen molar-refractivity contribution >= 4 is 23.4 Å². The van der Waals surface area contributed by atoms with E-state index in [0.717, 1.165) is 37.7 Å². The monoisotopic (exact) mass is 354 g/mol. The number of carbonyl (C=O) groups is 2. The fourth-order valence-corrected chi connectivity index (χ4v) is 3.39. The number of carbonyl (C=O) groups excluding carboxylic acids is 1. The van der Waals surface area contributed by atoms with E-state index in [4.69, 9.17) is 16.7 Å². The maximum absolute atomic E-state index is 12.2. The molecule has 1 rings (SSSR count). The fraction of sp³-hybridized carbons (Fsp3) is 0.700. The van der Waals surface area contributed by atoms with Gasteiger partial charge in [0.15, 0.2) is 5.78 Å². The number of carboxylic acid groups (broad SMARTS) is 1. The fourth-order valence-electron chi connectivity index (χ4n) is 3.13. The molecule has 0 saturated carbocycles. The number of rotatable bonds is 13. The molecule has 136 valence electrons. The molecule has 1 unspecified atom stereocenters. The summed E-state index contributed by atoms with van der Waals surface area (Å²) >= 11 is 6.04. The highest BCUT2D eigenvalue weighted by molar-refractivity contribution is 6.46. The molecule has 0 bridgehead atoms. The van der Waals surface area contributed by atoms with E-state index in [2.05, 4.69) is 6.92 Å². The minimum Gasteiger partial charge on any atom is -0.481 e. The molecular weight excluding hydrogens is 324 g/mol. The first-order valence-corrected chi connectivity index (χ1v) is 9.78. The highest BCUT2D eigenvalue weighted by atomic mass is 35.5. The van der Waals surface area contributed by atoms with Gasteiger partial charge in [-0.1, -0.05) is 75.6 Å². The van der Waals surface area contributed by atoms with Crippen LogP contribution in [0.2, 0.25) is 0 Å². The van der Waals surface area contributed by atoms with Crippen molar-refractivity contribution in [2.75, 3.05) is 0 Å². The zero-order valence-electron chi connectivity index (χ0n) is 14.9. The van der Waals surface area contributed by atoms with Crippen molar-refractivity contribution in [2.24, 2.45) is 5.92 Å². The number of hydrogen-bond donors (Lipinski definition) is 1. The van der Waals surface area contributed by atoms with Gasteiger partial charge in [-0.15, -0.1) is 0 Å². The molecule has 0 saturated heterocycles. The van der Waals surface area contributed by atoms with Crippen molar-refractivity contribution < 1.29 is 14.7 Å². The normalized spacial score (nSPS) is 19.1. The smallest absolute Gasteiger partial charge is 0.303 e. The second-order valence-electron chi connectivity index (χ2n) is 6.66. The number of aliphatic carboxylic acids is 1. The van der Waals surface area contributed by atoms with Gasteiger partial charge in [0.2, 0.25) is 0 Å². The van der Waals surface area contributed by atoms with Gasteiger partial charge in [0.1, 0.15) is 0 Å². The first kappa shape index (κ1) is 21.0. The summed E-state index contributed by atoms with van der Waals surface area (Å²) in [5.74, 6) is -0.581. The van der Waals surface area contributed by atoms with Crippen LogP contribution >= 0.6 is 11.6 Å². The van der Waals surface area contributed by atoms with E-state index in [9.17, 15) is 9.59 Å². The van der Waals surface area contributed by atoms with Crippen LogP contribution in [0.5, 0.6) is 0 Å². The van der Waals surface area contributed by atoms with Crippen molar-refractivity contribution in [1.29, 1.82) is 0 Å². The third-order valence-corrected chi connectivity index (χ3v) is 4.85. The van der Waals surface area contributed by atoms with Crippen LogP contribution in [-0.4, -0.2) is 16.9 Å². The van der Waals surface area contributed by atoms with Crippen LogP contribution in [-0.2, 0) is 9.59 Å². The Bertz CT molecular complexity index is 466. The van der Waals surface area contributed by atoms with Crippen molar-refractivity contribution in [2.45, 2.75) is 84.0 Å². The van der Waals surface area contributed by atoms with Crippen molar-refractivity contribution in [3.63, 3.8) is 0 Å². The number of hydrogen-bond acceptors (Lipinski definition) is 2. The molecule has 0 aromatic carbocycles. The summed E-state index contributed by atoms with van der Waals surface area (Å²) in [6.45, 7) is 2.22. The zero-order valence-corrected chi connectivity index (χ0v) is 15.6. The van der Waals surface area contributed by atoms with Crippen LogP contribution in [0.4, 0.5) is 0 Å². The number of halogens is 1. The summed E-state index contributed by atoms with van der Waals surface area (Å²) in [4.78, 5) is 22.6. The Kier molecular flexibility index (Phi) is 10.7. The molecule has 3 nitrogen and oxygen atoms in total. The number of allylic oxidation sites excluding steroid dienone is 4. The molecule has 0 radical (unpaired) electrons. The second-order valence-corrected chi connectivity index (χ2v) is 7.07. The molecule has 0 aliphatic heterocycles. The molecule has 4 heteroatoms. The second kappa shape index (κ2) is 12.3. The van der Waals surface area contributed by atoms with Gasteiger partial charge in [0.25, 0.3) is 0 Å². The number of Topliss-reactive ketones (excluding diaryl/α,β-unsaturated/α-hetero) is 1. The third-order valence-electron chi connectivity index (χ3n) is 4.55. The van der Waals surface area contributed by atoms with Crippen molar-refractivity contribution in [1.82, 2.24) is 0 Å². The van der Waals surface area contributed by atoms with Crippen LogP contribution < -0.4 is 0 Å². The predicted molar refractivity (Wildman–Crippen MR) is 99.2 cm³/mol. The molecule has 1 aliphatic rings. The van der Waals surface area contributed by atoms with Gasteiger partial charge < -0.3 is 5.11 Å². The first-order chi connectivity index (χ1) is 11.6. The number of unbranched alkanes of at least 4 members (excludes halogenated alkanes) is 8. The lowest BCUT2D eigenvalue weighted by Crippen LogP contribution is -2.04. The van der Waals surface area contributed by atoms with E-state index < -0.39 is 5.97 Å². The zero-order chi connectivity index (χ0) is 17.8. The number of ketones is 1. The molecule has 0 fully saturated rings. The molecule has 24 heavy (non-hydrogen) atoms. The lowest BCUT2D eigenvalue weighted by molar-refractivity contribution is -0.137. The van der Waals surface area contributed by atoms with E-state index in [1.165, 1.54) is 32.1 Å². The highest BCUT2D eigenvalue weighted by Crippen LogP contribution is 2.33. The van der Waals surface area contributed by atoms with E-state index in [1.54, 1.807) is 0 Å². The van der Waals surface area contributed by atoms with Gasteiger partial charge in [0, 0.05) is 17.9 Å². The van der Waals surface area contributed by atoms with Crippen LogP contribution in [0.25, 0.3) is 0 Å². The van der Waals surface area contributed by atoms with Gasteiger partial charge in [-0.05, 0) is 25.7 Å². The molecular formula is C20H31ClO3. The van der Waals surface area contributed by atoms with Crippen molar-refractivity contribution in [3.05, 3.63) is 22.8 Å². The molecule has 1 N–H and O–H groups in total. The Labute approximate surface area is 151 Å². The third kappa shape index (κ3) is 8.14. The van der Waals surface area contributed by atoms with Gasteiger partial charge in [-0.25, -0.2) is 0 Å². The maximum Gasteiger partial charge on any atom is 0.303 e. The Hall–Kier alpha value is -1.09. The molecule has 1 atom stereocenters.